The highest BCUT2D eigenvalue weighted by atomic mass is 16.5. The summed E-state index contributed by atoms with van der Waals surface area (Å²) in [5.41, 5.74) is 7.61. The molecular formula is C11H16N2O2. The predicted molar refractivity (Wildman–Crippen MR) is 57.3 cm³/mol. The molecule has 2 N–H and O–H groups in total. The van der Waals surface area contributed by atoms with E-state index in [1.807, 2.05) is 19.1 Å². The molecule has 4 heteroatoms. The molecule has 1 rings (SSSR count). The topological polar surface area (TPSA) is 65.2 Å². The van der Waals surface area contributed by atoms with Gasteiger partial charge in [-0.1, -0.05) is 0 Å². The Labute approximate surface area is 89.5 Å². The molecule has 1 atom stereocenters. The van der Waals surface area contributed by atoms with Crippen molar-refractivity contribution < 1.29 is 9.53 Å². The molecule has 0 spiro atoms. The van der Waals surface area contributed by atoms with Crippen molar-refractivity contribution in [2.45, 2.75) is 26.3 Å². The maximum Gasteiger partial charge on any atom is 0.323 e. The van der Waals surface area contributed by atoms with Crippen LogP contribution in [0.1, 0.15) is 18.2 Å². The molecule has 0 aliphatic carbocycles. The van der Waals surface area contributed by atoms with Crippen LogP contribution in [0.2, 0.25) is 0 Å². The lowest BCUT2D eigenvalue weighted by Crippen LogP contribution is -2.34. The van der Waals surface area contributed by atoms with Crippen LogP contribution in [0.15, 0.2) is 18.3 Å². The summed E-state index contributed by atoms with van der Waals surface area (Å²) in [7, 11) is 0. The van der Waals surface area contributed by atoms with Gasteiger partial charge in [-0.05, 0) is 38.0 Å². The Kier molecular flexibility index (Phi) is 4.24. The number of aromatic nitrogens is 1. The third kappa shape index (κ3) is 3.67. The lowest BCUT2D eigenvalue weighted by Gasteiger charge is -2.10. The van der Waals surface area contributed by atoms with Gasteiger partial charge in [-0.25, -0.2) is 0 Å². The highest BCUT2D eigenvalue weighted by molar-refractivity contribution is 5.75. The number of hydrogen-bond donors (Lipinski definition) is 1. The number of esters is 1. The van der Waals surface area contributed by atoms with Gasteiger partial charge in [-0.2, -0.15) is 0 Å². The molecule has 15 heavy (non-hydrogen) atoms. The van der Waals surface area contributed by atoms with Crippen molar-refractivity contribution >= 4 is 5.97 Å². The van der Waals surface area contributed by atoms with E-state index in [0.717, 1.165) is 11.3 Å². The van der Waals surface area contributed by atoms with E-state index in [1.54, 1.807) is 13.1 Å². The van der Waals surface area contributed by atoms with Gasteiger partial charge in [0.2, 0.25) is 0 Å². The number of rotatable bonds is 4. The van der Waals surface area contributed by atoms with Crippen LogP contribution in [0, 0.1) is 6.92 Å². The van der Waals surface area contributed by atoms with Crippen molar-refractivity contribution in [3.05, 3.63) is 29.6 Å². The summed E-state index contributed by atoms with van der Waals surface area (Å²) in [4.78, 5) is 15.3. The zero-order valence-corrected chi connectivity index (χ0v) is 9.06. The van der Waals surface area contributed by atoms with E-state index in [4.69, 9.17) is 10.5 Å². The molecule has 0 aliphatic heterocycles. The highest BCUT2D eigenvalue weighted by Crippen LogP contribution is 2.04. The van der Waals surface area contributed by atoms with Gasteiger partial charge in [0.05, 0.1) is 6.61 Å². The molecule has 0 radical (unpaired) electrons. The van der Waals surface area contributed by atoms with Gasteiger partial charge in [0.25, 0.3) is 0 Å². The monoisotopic (exact) mass is 208 g/mol. The van der Waals surface area contributed by atoms with Crippen LogP contribution in [0.3, 0.4) is 0 Å². The molecule has 0 amide bonds. The minimum Gasteiger partial charge on any atom is -0.465 e. The zero-order chi connectivity index (χ0) is 11.3. The molecule has 0 fully saturated rings. The summed E-state index contributed by atoms with van der Waals surface area (Å²) >= 11 is 0. The fourth-order valence-electron chi connectivity index (χ4n) is 1.32. The van der Waals surface area contributed by atoms with Crippen molar-refractivity contribution in [3.63, 3.8) is 0 Å². The summed E-state index contributed by atoms with van der Waals surface area (Å²) in [5.74, 6) is -0.355. The summed E-state index contributed by atoms with van der Waals surface area (Å²) in [6.07, 6.45) is 2.20. The highest BCUT2D eigenvalue weighted by Gasteiger charge is 2.14. The fraction of sp³-hybridized carbons (Fsp3) is 0.455. The maximum atomic E-state index is 11.3. The Hall–Kier alpha value is -1.42. The normalized spacial score (nSPS) is 12.2. The lowest BCUT2D eigenvalue weighted by molar-refractivity contribution is -0.144. The molecule has 82 valence electrons. The smallest absolute Gasteiger partial charge is 0.323 e. The van der Waals surface area contributed by atoms with Gasteiger partial charge in [0, 0.05) is 11.9 Å². The van der Waals surface area contributed by atoms with Crippen LogP contribution in [0.25, 0.3) is 0 Å². The molecule has 0 saturated carbocycles. The van der Waals surface area contributed by atoms with E-state index < -0.39 is 6.04 Å². The molecule has 1 unspecified atom stereocenters. The van der Waals surface area contributed by atoms with Gasteiger partial charge in [-0.3, -0.25) is 9.78 Å². The number of carbonyl (C=O) groups is 1. The van der Waals surface area contributed by atoms with Crippen LogP contribution in [-0.4, -0.2) is 23.6 Å². The first kappa shape index (κ1) is 11.7. The molecule has 1 heterocycles. The number of ether oxygens (including phenoxy) is 1. The second-order valence-corrected chi connectivity index (χ2v) is 3.37. The van der Waals surface area contributed by atoms with Crippen LogP contribution in [0.5, 0.6) is 0 Å². The average Bonchev–Trinajstić information content (AvgIpc) is 2.18. The number of aryl methyl sites for hydroxylation is 1. The number of nitrogens with two attached hydrogens (primary N) is 1. The van der Waals surface area contributed by atoms with Gasteiger partial charge in [0.15, 0.2) is 0 Å². The van der Waals surface area contributed by atoms with Crippen LogP contribution in [0.4, 0.5) is 0 Å². The van der Waals surface area contributed by atoms with Crippen molar-refractivity contribution in [1.29, 1.82) is 0 Å². The largest absolute Gasteiger partial charge is 0.465 e. The van der Waals surface area contributed by atoms with Crippen molar-refractivity contribution in [1.82, 2.24) is 4.98 Å². The quantitative estimate of drug-likeness (QED) is 0.744. The first-order chi connectivity index (χ1) is 7.13. The van der Waals surface area contributed by atoms with E-state index in [1.165, 1.54) is 0 Å². The van der Waals surface area contributed by atoms with Crippen LogP contribution >= 0.6 is 0 Å². The number of hydrogen-bond acceptors (Lipinski definition) is 4. The molecule has 0 bridgehead atoms. The summed E-state index contributed by atoms with van der Waals surface area (Å²) < 4.78 is 4.83. The molecule has 0 aromatic carbocycles. The van der Waals surface area contributed by atoms with Crippen LogP contribution in [-0.2, 0) is 16.0 Å². The van der Waals surface area contributed by atoms with Crippen LogP contribution < -0.4 is 5.73 Å². The molecular weight excluding hydrogens is 192 g/mol. The summed E-state index contributed by atoms with van der Waals surface area (Å²) in [6, 6.07) is 3.18. The average molecular weight is 208 g/mol. The Morgan fingerprint density at radius 3 is 3.00 bits per heavy atom. The third-order valence-corrected chi connectivity index (χ3v) is 2.01. The van der Waals surface area contributed by atoms with E-state index in [0.29, 0.717) is 13.0 Å². The van der Waals surface area contributed by atoms with E-state index in [9.17, 15) is 4.79 Å². The predicted octanol–water partition coefficient (Wildman–Crippen LogP) is 0.823. The number of nitrogens with zero attached hydrogens (tertiary/aromatic N) is 1. The molecule has 1 aromatic heterocycles. The van der Waals surface area contributed by atoms with E-state index in [2.05, 4.69) is 4.98 Å². The van der Waals surface area contributed by atoms with Crippen molar-refractivity contribution in [2.75, 3.05) is 6.61 Å². The van der Waals surface area contributed by atoms with Crippen molar-refractivity contribution in [2.24, 2.45) is 5.73 Å². The third-order valence-electron chi connectivity index (χ3n) is 2.01. The Morgan fingerprint density at radius 1 is 1.67 bits per heavy atom. The van der Waals surface area contributed by atoms with Gasteiger partial charge < -0.3 is 10.5 Å². The Morgan fingerprint density at radius 2 is 2.40 bits per heavy atom. The first-order valence-electron chi connectivity index (χ1n) is 4.97. The summed E-state index contributed by atoms with van der Waals surface area (Å²) in [5, 5.41) is 0. The lowest BCUT2D eigenvalue weighted by atomic mass is 10.1. The SMILES string of the molecule is CCOC(=O)C(N)Cc1ccnc(C)c1. The minimum atomic E-state index is -0.591. The second kappa shape index (κ2) is 5.46. The molecule has 1 aromatic rings. The van der Waals surface area contributed by atoms with Gasteiger partial charge in [0.1, 0.15) is 6.04 Å². The Balaban J connectivity index is 2.58. The molecule has 4 nitrogen and oxygen atoms in total. The Bertz CT molecular complexity index is 339. The minimum absolute atomic E-state index is 0.355. The number of pyridine rings is 1. The first-order valence-corrected chi connectivity index (χ1v) is 4.97. The van der Waals surface area contributed by atoms with Crippen molar-refractivity contribution in [3.8, 4) is 0 Å². The van der Waals surface area contributed by atoms with Gasteiger partial charge in [-0.15, -0.1) is 0 Å². The summed E-state index contributed by atoms with van der Waals surface area (Å²) in [6.45, 7) is 4.03. The second-order valence-electron chi connectivity index (χ2n) is 3.37. The number of carbonyl (C=O) groups excluding carboxylic acids is 1. The zero-order valence-electron chi connectivity index (χ0n) is 9.06. The molecule has 0 aliphatic rings. The fourth-order valence-corrected chi connectivity index (χ4v) is 1.32. The van der Waals surface area contributed by atoms with Gasteiger partial charge >= 0.3 is 5.97 Å². The van der Waals surface area contributed by atoms with E-state index in [-0.39, 0.29) is 5.97 Å². The molecule has 0 saturated heterocycles. The maximum absolute atomic E-state index is 11.3. The van der Waals surface area contributed by atoms with E-state index >= 15 is 0 Å². The standard InChI is InChI=1S/C11H16N2O2/c1-3-15-11(14)10(12)7-9-4-5-13-8(2)6-9/h4-6,10H,3,7,12H2,1-2H3.